The van der Waals surface area contributed by atoms with Crippen LogP contribution in [0.25, 0.3) is 0 Å². The molecular weight excluding hydrogens is 380 g/mol. The molecule has 0 unspecified atom stereocenters. The lowest BCUT2D eigenvalue weighted by Crippen LogP contribution is -2.14. The summed E-state index contributed by atoms with van der Waals surface area (Å²) in [4.78, 5) is 32.2. The zero-order valence-corrected chi connectivity index (χ0v) is 15.7. The van der Waals surface area contributed by atoms with Crippen LogP contribution in [0.2, 0.25) is 5.02 Å². The van der Waals surface area contributed by atoms with Gasteiger partial charge in [-0.05, 0) is 49.4 Å². The molecule has 0 aliphatic rings. The number of carbonyl (C=O) groups excluding carboxylic acids is 2. The first-order valence-corrected chi connectivity index (χ1v) is 8.86. The average Bonchev–Trinajstić information content (AvgIpc) is 2.69. The van der Waals surface area contributed by atoms with Crippen LogP contribution in [0.15, 0.2) is 60.9 Å². The highest BCUT2D eigenvalue weighted by Gasteiger charge is 2.10. The Morgan fingerprint density at radius 1 is 1.04 bits per heavy atom. The summed E-state index contributed by atoms with van der Waals surface area (Å²) < 4.78 is 4.95. The highest BCUT2D eigenvalue weighted by atomic mass is 35.5. The fraction of sp³-hybridized carbons (Fsp3) is 0.100. The van der Waals surface area contributed by atoms with Crippen LogP contribution in [0.5, 0.6) is 0 Å². The van der Waals surface area contributed by atoms with Crippen molar-refractivity contribution < 1.29 is 14.3 Å². The van der Waals surface area contributed by atoms with E-state index < -0.39 is 0 Å². The van der Waals surface area contributed by atoms with E-state index in [9.17, 15) is 9.59 Å². The number of halogens is 1. The van der Waals surface area contributed by atoms with Crippen molar-refractivity contribution in [1.82, 2.24) is 9.97 Å². The second-order valence-corrected chi connectivity index (χ2v) is 6.11. The minimum absolute atomic E-state index is 0.195. The molecule has 8 heteroatoms. The van der Waals surface area contributed by atoms with E-state index in [0.29, 0.717) is 34.4 Å². The molecule has 0 spiro atoms. The number of amides is 1. The van der Waals surface area contributed by atoms with Gasteiger partial charge in [0.1, 0.15) is 17.8 Å². The summed E-state index contributed by atoms with van der Waals surface area (Å²) in [5, 5.41) is 6.32. The Kier molecular flexibility index (Phi) is 6.18. The van der Waals surface area contributed by atoms with Crippen molar-refractivity contribution in [3.8, 4) is 0 Å². The van der Waals surface area contributed by atoms with E-state index in [1.165, 1.54) is 12.4 Å². The Morgan fingerprint density at radius 3 is 2.54 bits per heavy atom. The number of hydrogen-bond donors (Lipinski definition) is 2. The molecule has 1 aromatic heterocycles. The van der Waals surface area contributed by atoms with Gasteiger partial charge in [0.2, 0.25) is 0 Å². The van der Waals surface area contributed by atoms with Gasteiger partial charge in [-0.15, -0.1) is 0 Å². The lowest BCUT2D eigenvalue weighted by atomic mass is 10.2. The van der Waals surface area contributed by atoms with Gasteiger partial charge in [0.25, 0.3) is 5.91 Å². The maximum atomic E-state index is 12.4. The molecule has 28 heavy (non-hydrogen) atoms. The number of aromatic nitrogens is 2. The van der Waals surface area contributed by atoms with Crippen LogP contribution >= 0.6 is 11.6 Å². The van der Waals surface area contributed by atoms with Crippen LogP contribution in [-0.2, 0) is 4.74 Å². The summed E-state index contributed by atoms with van der Waals surface area (Å²) in [6.45, 7) is 2.07. The number of ether oxygens (including phenoxy) is 1. The van der Waals surface area contributed by atoms with E-state index >= 15 is 0 Å². The monoisotopic (exact) mass is 396 g/mol. The fourth-order valence-corrected chi connectivity index (χ4v) is 2.55. The number of nitrogens with one attached hydrogen (secondary N) is 2. The number of anilines is 3. The van der Waals surface area contributed by atoms with Gasteiger partial charge in [-0.2, -0.15) is 0 Å². The minimum Gasteiger partial charge on any atom is -0.462 e. The third-order valence-electron chi connectivity index (χ3n) is 3.65. The molecule has 0 aliphatic heterocycles. The van der Waals surface area contributed by atoms with E-state index in [1.54, 1.807) is 55.5 Å². The maximum Gasteiger partial charge on any atom is 0.338 e. The molecule has 0 atom stereocenters. The summed E-state index contributed by atoms with van der Waals surface area (Å²) >= 11 is 5.92. The van der Waals surface area contributed by atoms with Gasteiger partial charge in [0.05, 0.1) is 12.2 Å². The number of hydrogen-bond acceptors (Lipinski definition) is 6. The van der Waals surface area contributed by atoms with Gasteiger partial charge < -0.3 is 15.4 Å². The molecule has 3 rings (SSSR count). The molecule has 3 aromatic rings. The van der Waals surface area contributed by atoms with Crippen molar-refractivity contribution in [3.05, 3.63) is 77.2 Å². The van der Waals surface area contributed by atoms with Crippen molar-refractivity contribution in [2.45, 2.75) is 6.92 Å². The first kappa shape index (κ1) is 19.3. The van der Waals surface area contributed by atoms with Crippen molar-refractivity contribution in [2.75, 3.05) is 17.2 Å². The number of nitrogens with zero attached hydrogens (tertiary/aromatic N) is 2. The summed E-state index contributed by atoms with van der Waals surface area (Å²) in [6.07, 6.45) is 1.29. The molecule has 0 saturated carbocycles. The van der Waals surface area contributed by atoms with E-state index in [-0.39, 0.29) is 17.6 Å². The van der Waals surface area contributed by atoms with Gasteiger partial charge in [0, 0.05) is 22.5 Å². The van der Waals surface area contributed by atoms with Gasteiger partial charge in [-0.1, -0.05) is 17.7 Å². The summed E-state index contributed by atoms with van der Waals surface area (Å²) in [7, 11) is 0. The van der Waals surface area contributed by atoms with Crippen LogP contribution in [-0.4, -0.2) is 28.5 Å². The molecule has 0 fully saturated rings. The Labute approximate surface area is 166 Å². The van der Waals surface area contributed by atoms with Crippen molar-refractivity contribution in [1.29, 1.82) is 0 Å². The minimum atomic E-state index is -0.384. The van der Waals surface area contributed by atoms with Crippen LogP contribution in [0.4, 0.5) is 17.2 Å². The molecule has 0 radical (unpaired) electrons. The molecule has 2 N–H and O–H groups in total. The van der Waals surface area contributed by atoms with Gasteiger partial charge >= 0.3 is 5.97 Å². The van der Waals surface area contributed by atoms with Crippen LogP contribution < -0.4 is 10.6 Å². The van der Waals surface area contributed by atoms with Crippen molar-refractivity contribution in [2.24, 2.45) is 0 Å². The predicted molar refractivity (Wildman–Crippen MR) is 107 cm³/mol. The molecule has 1 amide bonds. The first-order valence-electron chi connectivity index (χ1n) is 8.48. The fourth-order valence-electron chi connectivity index (χ4n) is 2.36. The third kappa shape index (κ3) is 5.05. The van der Waals surface area contributed by atoms with E-state index in [2.05, 4.69) is 20.6 Å². The van der Waals surface area contributed by atoms with Crippen molar-refractivity contribution >= 4 is 40.7 Å². The van der Waals surface area contributed by atoms with Gasteiger partial charge in [-0.3, -0.25) is 4.79 Å². The number of carbonyl (C=O) groups is 2. The quantitative estimate of drug-likeness (QED) is 0.603. The SMILES string of the molecule is CCOC(=O)c1ccc(Nc2cc(C(=O)Nc3cccc(Cl)c3)ncn2)cc1. The van der Waals surface area contributed by atoms with Gasteiger partial charge in [-0.25, -0.2) is 14.8 Å². The van der Waals surface area contributed by atoms with E-state index in [4.69, 9.17) is 16.3 Å². The standard InChI is InChI=1S/C20H17ClN4O3/c1-2-28-20(27)13-6-8-15(9-7-13)24-18-11-17(22-12-23-18)19(26)25-16-5-3-4-14(21)10-16/h3-12H,2H2,1H3,(H,25,26)(H,22,23,24). The van der Waals surface area contributed by atoms with E-state index in [0.717, 1.165) is 0 Å². The smallest absolute Gasteiger partial charge is 0.338 e. The molecule has 0 bridgehead atoms. The second-order valence-electron chi connectivity index (χ2n) is 5.68. The van der Waals surface area contributed by atoms with Crippen LogP contribution in [0.1, 0.15) is 27.8 Å². The molecule has 142 valence electrons. The number of benzene rings is 2. The molecular formula is C20H17ClN4O3. The topological polar surface area (TPSA) is 93.2 Å². The lowest BCUT2D eigenvalue weighted by molar-refractivity contribution is 0.0526. The zero-order chi connectivity index (χ0) is 19.9. The molecule has 2 aromatic carbocycles. The van der Waals surface area contributed by atoms with E-state index in [1.807, 2.05) is 0 Å². The highest BCUT2D eigenvalue weighted by molar-refractivity contribution is 6.30. The molecule has 7 nitrogen and oxygen atoms in total. The second kappa shape index (κ2) is 8.96. The van der Waals surface area contributed by atoms with Crippen LogP contribution in [0.3, 0.4) is 0 Å². The van der Waals surface area contributed by atoms with Crippen molar-refractivity contribution in [3.63, 3.8) is 0 Å². The Hall–Kier alpha value is -3.45. The number of rotatable bonds is 6. The number of esters is 1. The highest BCUT2D eigenvalue weighted by Crippen LogP contribution is 2.18. The normalized spacial score (nSPS) is 10.2. The van der Waals surface area contributed by atoms with Crippen LogP contribution in [0, 0.1) is 0 Å². The maximum absolute atomic E-state index is 12.4. The molecule has 0 saturated heterocycles. The zero-order valence-electron chi connectivity index (χ0n) is 15.0. The summed E-state index contributed by atoms with van der Waals surface area (Å²) in [5.41, 5.74) is 1.92. The van der Waals surface area contributed by atoms with Gasteiger partial charge in [0.15, 0.2) is 0 Å². The predicted octanol–water partition coefficient (Wildman–Crippen LogP) is 4.30. The first-order chi connectivity index (χ1) is 13.5. The molecule has 0 aliphatic carbocycles. The summed E-state index contributed by atoms with van der Waals surface area (Å²) in [5.74, 6) is -0.323. The molecule has 1 heterocycles. The Balaban J connectivity index is 1.69. The lowest BCUT2D eigenvalue weighted by Gasteiger charge is -2.08. The Bertz CT molecular complexity index is 993. The average molecular weight is 397 g/mol. The largest absolute Gasteiger partial charge is 0.462 e. The Morgan fingerprint density at radius 2 is 1.82 bits per heavy atom. The third-order valence-corrected chi connectivity index (χ3v) is 3.89. The summed E-state index contributed by atoms with van der Waals surface area (Å²) in [6, 6.07) is 15.1.